The standard InChI is InChI=1S/C13H15ClN2O2/c1-8-12(13(17)15-5-6-18-2)10-7-9(14)3-4-11(10)16-8/h3-4,7,16H,5-6H2,1-2H3,(H,15,17). The number of nitrogens with one attached hydrogen (secondary N) is 2. The number of carbonyl (C=O) groups is 1. The molecule has 0 aliphatic carbocycles. The summed E-state index contributed by atoms with van der Waals surface area (Å²) < 4.78 is 4.90. The molecule has 1 aromatic heterocycles. The summed E-state index contributed by atoms with van der Waals surface area (Å²) in [5.41, 5.74) is 2.39. The first kappa shape index (κ1) is 12.9. The number of ether oxygens (including phenoxy) is 1. The third kappa shape index (κ3) is 2.49. The molecule has 5 heteroatoms. The summed E-state index contributed by atoms with van der Waals surface area (Å²) in [6.45, 7) is 2.86. The lowest BCUT2D eigenvalue weighted by molar-refractivity contribution is 0.0938. The fourth-order valence-corrected chi connectivity index (χ4v) is 2.12. The van der Waals surface area contributed by atoms with Gasteiger partial charge in [-0.3, -0.25) is 4.79 Å². The normalized spacial score (nSPS) is 10.8. The Morgan fingerprint density at radius 2 is 2.28 bits per heavy atom. The van der Waals surface area contributed by atoms with Crippen LogP contribution in [-0.2, 0) is 4.74 Å². The van der Waals surface area contributed by atoms with Crippen molar-refractivity contribution in [3.05, 3.63) is 34.5 Å². The van der Waals surface area contributed by atoms with E-state index in [1.54, 1.807) is 19.2 Å². The Labute approximate surface area is 110 Å². The highest BCUT2D eigenvalue weighted by molar-refractivity contribution is 6.31. The van der Waals surface area contributed by atoms with Crippen molar-refractivity contribution >= 4 is 28.4 Å². The lowest BCUT2D eigenvalue weighted by atomic mass is 10.1. The van der Waals surface area contributed by atoms with Gasteiger partial charge in [-0.2, -0.15) is 0 Å². The summed E-state index contributed by atoms with van der Waals surface area (Å²) in [7, 11) is 1.60. The van der Waals surface area contributed by atoms with Gasteiger partial charge >= 0.3 is 0 Å². The number of aryl methyl sites for hydroxylation is 1. The summed E-state index contributed by atoms with van der Waals surface area (Å²) >= 11 is 5.97. The molecule has 0 radical (unpaired) electrons. The van der Waals surface area contributed by atoms with Crippen molar-refractivity contribution in [2.24, 2.45) is 0 Å². The molecule has 0 spiro atoms. The maximum absolute atomic E-state index is 12.1. The number of rotatable bonds is 4. The van der Waals surface area contributed by atoms with Crippen molar-refractivity contribution in [2.75, 3.05) is 20.3 Å². The number of hydrogen-bond acceptors (Lipinski definition) is 2. The van der Waals surface area contributed by atoms with Gasteiger partial charge in [0.15, 0.2) is 0 Å². The molecule has 4 nitrogen and oxygen atoms in total. The van der Waals surface area contributed by atoms with Crippen molar-refractivity contribution in [3.63, 3.8) is 0 Å². The summed E-state index contributed by atoms with van der Waals surface area (Å²) in [6, 6.07) is 5.47. The minimum Gasteiger partial charge on any atom is -0.383 e. The summed E-state index contributed by atoms with van der Waals surface area (Å²) in [4.78, 5) is 15.3. The van der Waals surface area contributed by atoms with E-state index in [0.29, 0.717) is 23.7 Å². The maximum atomic E-state index is 12.1. The summed E-state index contributed by atoms with van der Waals surface area (Å²) in [5, 5.41) is 4.27. The van der Waals surface area contributed by atoms with Crippen LogP contribution in [0.5, 0.6) is 0 Å². The zero-order valence-electron chi connectivity index (χ0n) is 10.3. The second-order valence-electron chi connectivity index (χ2n) is 4.06. The molecule has 0 atom stereocenters. The fraction of sp³-hybridized carbons (Fsp3) is 0.308. The number of H-pyrrole nitrogens is 1. The Morgan fingerprint density at radius 1 is 1.50 bits per heavy atom. The highest BCUT2D eigenvalue weighted by atomic mass is 35.5. The minimum atomic E-state index is -0.113. The number of methoxy groups -OCH3 is 1. The van der Waals surface area contributed by atoms with E-state index in [1.807, 2.05) is 13.0 Å². The monoisotopic (exact) mass is 266 g/mol. The van der Waals surface area contributed by atoms with Crippen LogP contribution in [-0.4, -0.2) is 31.2 Å². The molecule has 18 heavy (non-hydrogen) atoms. The van der Waals surface area contributed by atoms with Crippen LogP contribution in [0.4, 0.5) is 0 Å². The van der Waals surface area contributed by atoms with Gasteiger partial charge in [-0.25, -0.2) is 0 Å². The number of fused-ring (bicyclic) bond motifs is 1. The van der Waals surface area contributed by atoms with Gasteiger partial charge in [-0.1, -0.05) is 11.6 Å². The van der Waals surface area contributed by atoms with Crippen LogP contribution in [0.2, 0.25) is 5.02 Å². The summed E-state index contributed by atoms with van der Waals surface area (Å²) in [5.74, 6) is -0.113. The van der Waals surface area contributed by atoms with Crippen LogP contribution in [0.1, 0.15) is 16.1 Å². The van der Waals surface area contributed by atoms with Crippen LogP contribution in [0, 0.1) is 6.92 Å². The van der Waals surface area contributed by atoms with Crippen molar-refractivity contribution in [1.29, 1.82) is 0 Å². The first-order valence-electron chi connectivity index (χ1n) is 5.68. The molecular formula is C13H15ClN2O2. The zero-order valence-corrected chi connectivity index (χ0v) is 11.1. The highest BCUT2D eigenvalue weighted by Crippen LogP contribution is 2.25. The Morgan fingerprint density at radius 3 is 3.00 bits per heavy atom. The molecule has 0 fully saturated rings. The number of halogens is 1. The van der Waals surface area contributed by atoms with Gasteiger partial charge in [0.05, 0.1) is 12.2 Å². The van der Waals surface area contributed by atoms with E-state index in [2.05, 4.69) is 10.3 Å². The zero-order chi connectivity index (χ0) is 13.1. The van der Waals surface area contributed by atoms with Crippen LogP contribution >= 0.6 is 11.6 Å². The number of aromatic nitrogens is 1. The molecule has 0 saturated carbocycles. The molecule has 1 amide bonds. The molecule has 1 aromatic carbocycles. The van der Waals surface area contributed by atoms with Crippen LogP contribution in [0.3, 0.4) is 0 Å². The van der Waals surface area contributed by atoms with Crippen LogP contribution in [0.15, 0.2) is 18.2 Å². The third-order valence-corrected chi connectivity index (χ3v) is 3.00. The van der Waals surface area contributed by atoms with Crippen LogP contribution in [0.25, 0.3) is 10.9 Å². The van der Waals surface area contributed by atoms with Gasteiger partial charge in [0.2, 0.25) is 0 Å². The highest BCUT2D eigenvalue weighted by Gasteiger charge is 2.15. The molecule has 0 saturated heterocycles. The maximum Gasteiger partial charge on any atom is 0.253 e. The van der Waals surface area contributed by atoms with Crippen molar-refractivity contribution in [1.82, 2.24) is 10.3 Å². The molecule has 0 bridgehead atoms. The predicted octanol–water partition coefficient (Wildman–Crippen LogP) is 2.51. The lowest BCUT2D eigenvalue weighted by Crippen LogP contribution is -2.27. The van der Waals surface area contributed by atoms with Crippen molar-refractivity contribution in [3.8, 4) is 0 Å². The molecule has 0 aliphatic rings. The number of aromatic amines is 1. The topological polar surface area (TPSA) is 54.1 Å². The van der Waals surface area contributed by atoms with E-state index < -0.39 is 0 Å². The lowest BCUT2D eigenvalue weighted by Gasteiger charge is -2.04. The smallest absolute Gasteiger partial charge is 0.253 e. The van der Waals surface area contributed by atoms with Gasteiger partial charge in [-0.15, -0.1) is 0 Å². The Hall–Kier alpha value is -1.52. The van der Waals surface area contributed by atoms with E-state index in [0.717, 1.165) is 16.6 Å². The van der Waals surface area contributed by atoms with Gasteiger partial charge < -0.3 is 15.0 Å². The van der Waals surface area contributed by atoms with E-state index in [4.69, 9.17) is 16.3 Å². The van der Waals surface area contributed by atoms with E-state index >= 15 is 0 Å². The second-order valence-corrected chi connectivity index (χ2v) is 4.50. The average molecular weight is 267 g/mol. The molecule has 0 unspecified atom stereocenters. The quantitative estimate of drug-likeness (QED) is 0.836. The van der Waals surface area contributed by atoms with Gasteiger partial charge in [0, 0.05) is 35.3 Å². The molecule has 2 N–H and O–H groups in total. The molecule has 2 aromatic rings. The first-order valence-corrected chi connectivity index (χ1v) is 6.06. The van der Waals surface area contributed by atoms with Gasteiger partial charge in [0.1, 0.15) is 0 Å². The SMILES string of the molecule is COCCNC(=O)c1c(C)[nH]c2ccc(Cl)cc12. The Balaban J connectivity index is 2.34. The number of carbonyl (C=O) groups excluding carboxylic acids is 1. The third-order valence-electron chi connectivity index (χ3n) is 2.77. The van der Waals surface area contributed by atoms with Crippen molar-refractivity contribution < 1.29 is 9.53 Å². The fourth-order valence-electron chi connectivity index (χ4n) is 1.95. The molecule has 96 valence electrons. The molecule has 2 rings (SSSR count). The van der Waals surface area contributed by atoms with Crippen LogP contribution < -0.4 is 5.32 Å². The number of hydrogen-bond donors (Lipinski definition) is 2. The minimum absolute atomic E-state index is 0.113. The number of amides is 1. The van der Waals surface area contributed by atoms with Crippen molar-refractivity contribution in [2.45, 2.75) is 6.92 Å². The predicted molar refractivity (Wildman–Crippen MR) is 72.3 cm³/mol. The van der Waals surface area contributed by atoms with E-state index in [1.165, 1.54) is 0 Å². The Bertz CT molecular complexity index is 578. The summed E-state index contributed by atoms with van der Waals surface area (Å²) in [6.07, 6.45) is 0. The van der Waals surface area contributed by atoms with E-state index in [9.17, 15) is 4.79 Å². The van der Waals surface area contributed by atoms with E-state index in [-0.39, 0.29) is 5.91 Å². The average Bonchev–Trinajstić information content (AvgIpc) is 2.64. The molecular weight excluding hydrogens is 252 g/mol. The van der Waals surface area contributed by atoms with Gasteiger partial charge in [-0.05, 0) is 25.1 Å². The molecule has 0 aliphatic heterocycles. The largest absolute Gasteiger partial charge is 0.383 e. The van der Waals surface area contributed by atoms with Gasteiger partial charge in [0.25, 0.3) is 5.91 Å². The number of benzene rings is 1. The Kier molecular flexibility index (Phi) is 3.89. The second kappa shape index (κ2) is 5.42. The molecule has 1 heterocycles. The first-order chi connectivity index (χ1) is 8.63.